The van der Waals surface area contributed by atoms with E-state index < -0.39 is 0 Å². The summed E-state index contributed by atoms with van der Waals surface area (Å²) in [5.74, 6) is 0.781. The van der Waals surface area contributed by atoms with Gasteiger partial charge in [0.2, 0.25) is 0 Å². The molecule has 2 atom stereocenters. The van der Waals surface area contributed by atoms with Crippen LogP contribution in [0.25, 0.3) is 0 Å². The highest BCUT2D eigenvalue weighted by Crippen LogP contribution is 2.56. The molecule has 2 aliphatic carbocycles. The van der Waals surface area contributed by atoms with Crippen LogP contribution in [0.15, 0.2) is 12.1 Å². The quantitative estimate of drug-likeness (QED) is 0.644. The molecule has 0 saturated carbocycles. The van der Waals surface area contributed by atoms with Gasteiger partial charge < -0.3 is 4.74 Å². The highest BCUT2D eigenvalue weighted by molar-refractivity contribution is 5.50. The van der Waals surface area contributed by atoms with Gasteiger partial charge in [0, 0.05) is 6.61 Å². The van der Waals surface area contributed by atoms with Crippen molar-refractivity contribution in [2.45, 2.75) is 44.6 Å². The van der Waals surface area contributed by atoms with Crippen LogP contribution in [0.2, 0.25) is 0 Å². The van der Waals surface area contributed by atoms with E-state index in [1.807, 2.05) is 0 Å². The maximum absolute atomic E-state index is 6.23. The zero-order valence-corrected chi connectivity index (χ0v) is 9.88. The number of rotatable bonds is 0. The van der Waals surface area contributed by atoms with Gasteiger partial charge in [-0.1, -0.05) is 12.1 Å². The van der Waals surface area contributed by atoms with Crippen LogP contribution in [0.1, 0.15) is 41.5 Å². The van der Waals surface area contributed by atoms with E-state index in [0.717, 1.165) is 12.5 Å². The van der Waals surface area contributed by atoms with Crippen molar-refractivity contribution in [1.29, 1.82) is 0 Å². The van der Waals surface area contributed by atoms with Crippen molar-refractivity contribution in [3.8, 4) is 0 Å². The Balaban J connectivity index is 2.02. The van der Waals surface area contributed by atoms with E-state index >= 15 is 0 Å². The van der Waals surface area contributed by atoms with E-state index in [0.29, 0.717) is 0 Å². The van der Waals surface area contributed by atoms with Crippen LogP contribution >= 0.6 is 0 Å². The second-order valence-electron chi connectivity index (χ2n) is 5.68. The Hall–Kier alpha value is -0.820. The van der Waals surface area contributed by atoms with Crippen molar-refractivity contribution in [3.63, 3.8) is 0 Å². The van der Waals surface area contributed by atoms with Crippen LogP contribution < -0.4 is 0 Å². The number of benzene rings is 1. The smallest absolute Gasteiger partial charge is 0.0968 e. The van der Waals surface area contributed by atoms with Gasteiger partial charge in [-0.25, -0.2) is 0 Å². The van der Waals surface area contributed by atoms with E-state index in [-0.39, 0.29) is 5.60 Å². The van der Waals surface area contributed by atoms with Gasteiger partial charge in [-0.2, -0.15) is 0 Å². The summed E-state index contributed by atoms with van der Waals surface area (Å²) >= 11 is 0. The summed E-state index contributed by atoms with van der Waals surface area (Å²) < 4.78 is 6.23. The molecule has 4 rings (SSSR count). The van der Waals surface area contributed by atoms with Crippen molar-refractivity contribution in [3.05, 3.63) is 34.4 Å². The largest absolute Gasteiger partial charge is 0.370 e. The summed E-state index contributed by atoms with van der Waals surface area (Å²) in [7, 11) is 0. The van der Waals surface area contributed by atoms with Gasteiger partial charge in [-0.15, -0.1) is 0 Å². The molecule has 0 amide bonds. The van der Waals surface area contributed by atoms with Crippen molar-refractivity contribution >= 4 is 0 Å². The Morgan fingerprint density at radius 1 is 1.38 bits per heavy atom. The number of hydrogen-bond donors (Lipinski definition) is 0. The third-order valence-electron chi connectivity index (χ3n) is 4.98. The molecule has 1 spiro atoms. The normalized spacial score (nSPS) is 34.9. The van der Waals surface area contributed by atoms with E-state index in [4.69, 9.17) is 4.74 Å². The van der Waals surface area contributed by atoms with Gasteiger partial charge >= 0.3 is 0 Å². The molecule has 1 heterocycles. The first-order valence-electron chi connectivity index (χ1n) is 6.57. The maximum Gasteiger partial charge on any atom is 0.0968 e. The van der Waals surface area contributed by atoms with Gasteiger partial charge in [0.25, 0.3) is 0 Å². The first kappa shape index (κ1) is 9.23. The van der Waals surface area contributed by atoms with Gasteiger partial charge in [0.15, 0.2) is 0 Å². The molecule has 0 bridgehead atoms. The van der Waals surface area contributed by atoms with Crippen LogP contribution in [0.3, 0.4) is 0 Å². The minimum absolute atomic E-state index is 0.148. The molecule has 1 heteroatoms. The second kappa shape index (κ2) is 2.89. The lowest BCUT2D eigenvalue weighted by Gasteiger charge is -2.36. The maximum atomic E-state index is 6.23. The third-order valence-corrected chi connectivity index (χ3v) is 4.98. The molecule has 0 aromatic heterocycles. The lowest BCUT2D eigenvalue weighted by molar-refractivity contribution is -0.0313. The molecule has 1 aromatic rings. The number of aryl methyl sites for hydroxylation is 1. The first-order valence-corrected chi connectivity index (χ1v) is 6.57. The highest BCUT2D eigenvalue weighted by Gasteiger charge is 2.53. The molecule has 1 fully saturated rings. The number of hydrogen-bond acceptors (Lipinski definition) is 1. The molecule has 0 N–H and O–H groups in total. The van der Waals surface area contributed by atoms with Crippen LogP contribution in [0, 0.1) is 12.8 Å². The minimum atomic E-state index is 0.148. The second-order valence-corrected chi connectivity index (χ2v) is 5.68. The summed E-state index contributed by atoms with van der Waals surface area (Å²) in [4.78, 5) is 0. The Morgan fingerprint density at radius 3 is 3.25 bits per heavy atom. The van der Waals surface area contributed by atoms with Gasteiger partial charge in [-0.3, -0.25) is 0 Å². The molecule has 84 valence electrons. The standard InChI is InChI=1S/C15H18O/c1-10-4-5-11-9-12-6-8-16-15(12)7-2-3-13(10)14(11)15/h4-5,12H,2-3,6-9H2,1H3. The average Bonchev–Trinajstić information content (AvgIpc) is 2.78. The third kappa shape index (κ3) is 0.917. The molecule has 3 aliphatic rings. The summed E-state index contributed by atoms with van der Waals surface area (Å²) in [6.45, 7) is 3.24. The predicted octanol–water partition coefficient (Wildman–Crippen LogP) is 3.12. The van der Waals surface area contributed by atoms with E-state index in [1.54, 1.807) is 16.7 Å². The van der Waals surface area contributed by atoms with E-state index in [2.05, 4.69) is 19.1 Å². The van der Waals surface area contributed by atoms with Crippen molar-refractivity contribution in [2.24, 2.45) is 5.92 Å². The summed E-state index contributed by atoms with van der Waals surface area (Å²) in [5.41, 5.74) is 6.45. The van der Waals surface area contributed by atoms with Crippen molar-refractivity contribution in [2.75, 3.05) is 6.61 Å². The molecule has 16 heavy (non-hydrogen) atoms. The SMILES string of the molecule is Cc1ccc2c3c1CCCC31OCCC1C2. The Bertz CT molecular complexity index is 463. The lowest BCUT2D eigenvalue weighted by atomic mass is 9.75. The minimum Gasteiger partial charge on any atom is -0.370 e. The zero-order chi connectivity index (χ0) is 10.8. The lowest BCUT2D eigenvalue weighted by Crippen LogP contribution is -2.33. The highest BCUT2D eigenvalue weighted by atomic mass is 16.5. The molecule has 1 nitrogen and oxygen atoms in total. The number of ether oxygens (including phenoxy) is 1. The molecule has 1 aliphatic heterocycles. The molecular weight excluding hydrogens is 196 g/mol. The molecule has 2 unspecified atom stereocenters. The fourth-order valence-corrected chi connectivity index (χ4v) is 4.29. The van der Waals surface area contributed by atoms with Crippen LogP contribution in [0.4, 0.5) is 0 Å². The molecule has 1 saturated heterocycles. The monoisotopic (exact) mass is 214 g/mol. The van der Waals surface area contributed by atoms with Gasteiger partial charge in [-0.05, 0) is 67.2 Å². The van der Waals surface area contributed by atoms with Crippen LogP contribution in [-0.2, 0) is 23.2 Å². The molecule has 1 aromatic carbocycles. The Labute approximate surface area is 96.8 Å². The zero-order valence-electron chi connectivity index (χ0n) is 9.88. The molecular formula is C15H18O. The van der Waals surface area contributed by atoms with E-state index in [9.17, 15) is 0 Å². The fourth-order valence-electron chi connectivity index (χ4n) is 4.29. The molecule has 0 radical (unpaired) electrons. The summed E-state index contributed by atoms with van der Waals surface area (Å²) in [6, 6.07) is 4.66. The van der Waals surface area contributed by atoms with Crippen molar-refractivity contribution in [1.82, 2.24) is 0 Å². The Kier molecular flexibility index (Phi) is 1.67. The summed E-state index contributed by atoms with van der Waals surface area (Å²) in [6.07, 6.45) is 6.39. The topological polar surface area (TPSA) is 9.23 Å². The fraction of sp³-hybridized carbons (Fsp3) is 0.600. The first-order chi connectivity index (χ1) is 7.81. The van der Waals surface area contributed by atoms with Crippen LogP contribution in [-0.4, -0.2) is 6.61 Å². The average molecular weight is 214 g/mol. The Morgan fingerprint density at radius 2 is 2.31 bits per heavy atom. The van der Waals surface area contributed by atoms with Crippen LogP contribution in [0.5, 0.6) is 0 Å². The summed E-state index contributed by atoms with van der Waals surface area (Å²) in [5, 5.41) is 0. The predicted molar refractivity (Wildman–Crippen MR) is 63.6 cm³/mol. The van der Waals surface area contributed by atoms with E-state index in [1.165, 1.54) is 37.7 Å². The van der Waals surface area contributed by atoms with Gasteiger partial charge in [0.1, 0.15) is 0 Å². The van der Waals surface area contributed by atoms with Gasteiger partial charge in [0.05, 0.1) is 5.60 Å². The van der Waals surface area contributed by atoms with Crippen molar-refractivity contribution < 1.29 is 4.74 Å².